The fourth-order valence-corrected chi connectivity index (χ4v) is 3.91. The zero-order valence-electron chi connectivity index (χ0n) is 12.7. The third-order valence-electron chi connectivity index (χ3n) is 3.90. The Hall–Kier alpha value is -0.610. The Morgan fingerprint density at radius 3 is 2.63 bits per heavy atom. The largest absolute Gasteiger partial charge is 0.345 e. The van der Waals surface area contributed by atoms with Crippen LogP contribution in [-0.2, 0) is 6.54 Å². The van der Waals surface area contributed by atoms with Gasteiger partial charge in [0.1, 0.15) is 0 Å². The quantitative estimate of drug-likeness (QED) is 0.861. The average Bonchev–Trinajstić information content (AvgIpc) is 2.98. The first-order valence-electron chi connectivity index (χ1n) is 7.58. The molecule has 0 aromatic carbocycles. The van der Waals surface area contributed by atoms with Crippen molar-refractivity contribution in [2.75, 3.05) is 11.4 Å². The summed E-state index contributed by atoms with van der Waals surface area (Å²) in [6.07, 6.45) is 5.44. The molecule has 0 aliphatic heterocycles. The first kappa shape index (κ1) is 14.8. The molecule has 1 aliphatic carbocycles. The first-order valence-corrected chi connectivity index (χ1v) is 8.39. The summed E-state index contributed by atoms with van der Waals surface area (Å²) in [5, 5.41) is 4.72. The second kappa shape index (κ2) is 6.71. The lowest BCUT2D eigenvalue weighted by Gasteiger charge is -2.26. The van der Waals surface area contributed by atoms with Crippen LogP contribution in [0.25, 0.3) is 0 Å². The van der Waals surface area contributed by atoms with Gasteiger partial charge in [0.2, 0.25) is 0 Å². The fraction of sp³-hybridized carbons (Fsp3) is 0.800. The Bertz CT molecular complexity index is 394. The molecule has 1 aromatic rings. The van der Waals surface area contributed by atoms with Gasteiger partial charge in [0.25, 0.3) is 0 Å². The molecular weight excluding hydrogens is 254 g/mol. The molecule has 1 aromatic heterocycles. The van der Waals surface area contributed by atoms with Crippen molar-refractivity contribution in [3.63, 3.8) is 0 Å². The Balaban J connectivity index is 2.08. The molecule has 19 heavy (non-hydrogen) atoms. The van der Waals surface area contributed by atoms with Gasteiger partial charge in [-0.25, -0.2) is 4.98 Å². The second-order valence-corrected chi connectivity index (χ2v) is 6.83. The van der Waals surface area contributed by atoms with Gasteiger partial charge in [-0.15, -0.1) is 11.3 Å². The zero-order valence-corrected chi connectivity index (χ0v) is 13.5. The predicted octanol–water partition coefficient (Wildman–Crippen LogP) is 3.72. The molecular formula is C15H27N3S. The lowest BCUT2D eigenvalue weighted by atomic mass is 10.2. The number of aryl methyl sites for hydroxylation is 1. The summed E-state index contributed by atoms with van der Waals surface area (Å²) < 4.78 is 0. The van der Waals surface area contributed by atoms with Crippen molar-refractivity contribution >= 4 is 16.5 Å². The molecule has 0 spiro atoms. The predicted molar refractivity (Wildman–Crippen MR) is 84.1 cm³/mol. The normalized spacial score (nSPS) is 16.5. The van der Waals surface area contributed by atoms with Crippen molar-refractivity contribution in [3.05, 3.63) is 10.6 Å². The van der Waals surface area contributed by atoms with Crippen LogP contribution < -0.4 is 10.2 Å². The molecule has 0 bridgehead atoms. The van der Waals surface area contributed by atoms with Crippen molar-refractivity contribution in [3.8, 4) is 0 Å². The number of nitrogens with zero attached hydrogens (tertiary/aromatic N) is 2. The molecule has 0 atom stereocenters. The molecule has 0 saturated heterocycles. The Morgan fingerprint density at radius 1 is 1.37 bits per heavy atom. The van der Waals surface area contributed by atoms with Crippen LogP contribution in [0.15, 0.2) is 0 Å². The third kappa shape index (κ3) is 3.69. The highest BCUT2D eigenvalue weighted by molar-refractivity contribution is 7.15. The van der Waals surface area contributed by atoms with Crippen molar-refractivity contribution < 1.29 is 0 Å². The van der Waals surface area contributed by atoms with E-state index in [-0.39, 0.29) is 0 Å². The fourth-order valence-electron chi connectivity index (χ4n) is 2.76. The van der Waals surface area contributed by atoms with Crippen molar-refractivity contribution in [2.45, 2.75) is 72.0 Å². The first-order chi connectivity index (χ1) is 9.11. The summed E-state index contributed by atoms with van der Waals surface area (Å²) >= 11 is 1.87. The number of rotatable bonds is 6. The summed E-state index contributed by atoms with van der Waals surface area (Å²) in [7, 11) is 0. The van der Waals surface area contributed by atoms with E-state index in [1.54, 1.807) is 0 Å². The van der Waals surface area contributed by atoms with Crippen molar-refractivity contribution in [1.82, 2.24) is 10.3 Å². The van der Waals surface area contributed by atoms with Gasteiger partial charge in [0, 0.05) is 30.1 Å². The van der Waals surface area contributed by atoms with E-state index in [0.717, 1.165) is 19.1 Å². The Kier molecular flexibility index (Phi) is 5.22. The lowest BCUT2D eigenvalue weighted by molar-refractivity contribution is 0.591. The summed E-state index contributed by atoms with van der Waals surface area (Å²) in [4.78, 5) is 8.72. The zero-order chi connectivity index (χ0) is 13.8. The van der Waals surface area contributed by atoms with Crippen LogP contribution >= 0.6 is 11.3 Å². The van der Waals surface area contributed by atoms with Crippen molar-refractivity contribution in [2.24, 2.45) is 0 Å². The highest BCUT2D eigenvalue weighted by Gasteiger charge is 2.24. The van der Waals surface area contributed by atoms with E-state index in [0.29, 0.717) is 6.04 Å². The van der Waals surface area contributed by atoms with Crippen LogP contribution in [0.5, 0.6) is 0 Å². The summed E-state index contributed by atoms with van der Waals surface area (Å²) in [5.41, 5.74) is 1.20. The molecule has 1 saturated carbocycles. The number of aromatic nitrogens is 1. The van der Waals surface area contributed by atoms with Crippen LogP contribution in [-0.4, -0.2) is 23.6 Å². The molecule has 108 valence electrons. The molecule has 1 heterocycles. The summed E-state index contributed by atoms with van der Waals surface area (Å²) in [5.74, 6) is 0. The van der Waals surface area contributed by atoms with Crippen LogP contribution in [0.1, 0.15) is 57.0 Å². The maximum absolute atomic E-state index is 4.81. The SMILES string of the molecule is CCN(c1nc(C)c(CNC(C)C)s1)C1CCCC1. The maximum Gasteiger partial charge on any atom is 0.186 e. The highest BCUT2D eigenvalue weighted by atomic mass is 32.1. The molecule has 3 nitrogen and oxygen atoms in total. The molecule has 1 aliphatic rings. The van der Waals surface area contributed by atoms with E-state index < -0.39 is 0 Å². The number of thiazole rings is 1. The Labute approximate surface area is 121 Å². The molecule has 1 fully saturated rings. The average molecular weight is 281 g/mol. The van der Waals surface area contributed by atoms with Gasteiger partial charge in [-0.2, -0.15) is 0 Å². The van der Waals surface area contributed by atoms with Gasteiger partial charge in [0.05, 0.1) is 5.69 Å². The molecule has 4 heteroatoms. The minimum Gasteiger partial charge on any atom is -0.345 e. The minimum absolute atomic E-state index is 0.530. The van der Waals surface area contributed by atoms with Gasteiger partial charge in [0.15, 0.2) is 5.13 Å². The van der Waals surface area contributed by atoms with E-state index in [2.05, 4.69) is 37.9 Å². The molecule has 2 rings (SSSR count). The van der Waals surface area contributed by atoms with Gasteiger partial charge < -0.3 is 10.2 Å². The highest BCUT2D eigenvalue weighted by Crippen LogP contribution is 2.32. The smallest absolute Gasteiger partial charge is 0.186 e. The lowest BCUT2D eigenvalue weighted by Crippen LogP contribution is -2.32. The topological polar surface area (TPSA) is 28.2 Å². The van der Waals surface area contributed by atoms with Crippen LogP contribution in [0, 0.1) is 6.92 Å². The second-order valence-electron chi connectivity index (χ2n) is 5.76. The molecule has 1 N–H and O–H groups in total. The third-order valence-corrected chi connectivity index (χ3v) is 5.10. The number of hydrogen-bond acceptors (Lipinski definition) is 4. The Morgan fingerprint density at radius 2 is 2.05 bits per heavy atom. The monoisotopic (exact) mass is 281 g/mol. The molecule has 0 radical (unpaired) electrons. The van der Waals surface area contributed by atoms with Gasteiger partial charge >= 0.3 is 0 Å². The van der Waals surface area contributed by atoms with E-state index >= 15 is 0 Å². The van der Waals surface area contributed by atoms with Gasteiger partial charge in [-0.05, 0) is 26.7 Å². The van der Waals surface area contributed by atoms with E-state index in [4.69, 9.17) is 4.98 Å². The van der Waals surface area contributed by atoms with Crippen LogP contribution in [0.4, 0.5) is 5.13 Å². The number of anilines is 1. The van der Waals surface area contributed by atoms with Gasteiger partial charge in [-0.3, -0.25) is 0 Å². The van der Waals surface area contributed by atoms with Crippen LogP contribution in [0.2, 0.25) is 0 Å². The van der Waals surface area contributed by atoms with E-state index in [1.165, 1.54) is 41.4 Å². The van der Waals surface area contributed by atoms with E-state index in [1.807, 2.05) is 11.3 Å². The summed E-state index contributed by atoms with van der Waals surface area (Å²) in [6.45, 7) is 10.8. The molecule has 0 unspecified atom stereocenters. The van der Waals surface area contributed by atoms with Crippen LogP contribution in [0.3, 0.4) is 0 Å². The van der Waals surface area contributed by atoms with Crippen molar-refractivity contribution in [1.29, 1.82) is 0 Å². The minimum atomic E-state index is 0.530. The van der Waals surface area contributed by atoms with Gasteiger partial charge in [-0.1, -0.05) is 26.7 Å². The maximum atomic E-state index is 4.81. The van der Waals surface area contributed by atoms with E-state index in [9.17, 15) is 0 Å². The summed E-state index contributed by atoms with van der Waals surface area (Å²) in [6, 6.07) is 1.25. The number of nitrogens with one attached hydrogen (secondary N) is 1. The molecule has 0 amide bonds. The standard InChI is InChI=1S/C15H27N3S/c1-5-18(13-8-6-7-9-13)15-17-12(4)14(19-15)10-16-11(2)3/h11,13,16H,5-10H2,1-4H3. The number of hydrogen-bond donors (Lipinski definition) is 1.